The Morgan fingerprint density at radius 2 is 2.15 bits per heavy atom. The van der Waals surface area contributed by atoms with Gasteiger partial charge in [0.05, 0.1) is 5.56 Å². The standard InChI is InChI=1S/C24H30N6O4/c1-2-4-17(20(32)27-13-31)30-12-15-6-5-14(19(25)18(15)22(30)33)11-26-23-29-28-21(34-23)16-9-24(10-16)7-3-8-24/h5-6,13,16-17H,2-4,7-12,25H2,1H3,(H,26,29)(H,27,31,32). The van der Waals surface area contributed by atoms with Gasteiger partial charge in [0.2, 0.25) is 18.2 Å². The number of amides is 3. The van der Waals surface area contributed by atoms with E-state index < -0.39 is 11.9 Å². The molecule has 0 saturated heterocycles. The number of carbonyl (C=O) groups is 3. The van der Waals surface area contributed by atoms with E-state index in [-0.39, 0.29) is 12.5 Å². The van der Waals surface area contributed by atoms with E-state index in [1.54, 1.807) is 0 Å². The van der Waals surface area contributed by atoms with Crippen LogP contribution in [0.25, 0.3) is 0 Å². The molecule has 3 aliphatic rings. The summed E-state index contributed by atoms with van der Waals surface area (Å²) >= 11 is 0. The van der Waals surface area contributed by atoms with Gasteiger partial charge in [-0.2, -0.15) is 0 Å². The van der Waals surface area contributed by atoms with Gasteiger partial charge in [0.1, 0.15) is 6.04 Å². The molecule has 2 aromatic rings. The SMILES string of the molecule is CCCC(C(=O)NC=O)N1Cc2ccc(CNc3nnc(C4CC5(CCC5)C4)o3)c(N)c2C1=O. The van der Waals surface area contributed by atoms with Crippen molar-refractivity contribution in [1.82, 2.24) is 20.4 Å². The molecule has 180 valence electrons. The van der Waals surface area contributed by atoms with E-state index in [4.69, 9.17) is 10.2 Å². The van der Waals surface area contributed by atoms with Crippen molar-refractivity contribution in [3.63, 3.8) is 0 Å². The molecule has 10 heteroatoms. The monoisotopic (exact) mass is 466 g/mol. The zero-order valence-electron chi connectivity index (χ0n) is 19.3. The Hall–Kier alpha value is -3.43. The van der Waals surface area contributed by atoms with E-state index >= 15 is 0 Å². The number of fused-ring (bicyclic) bond motifs is 1. The quantitative estimate of drug-likeness (QED) is 0.378. The molecule has 1 spiro atoms. The third-order valence-electron chi connectivity index (χ3n) is 7.67. The van der Waals surface area contributed by atoms with E-state index in [2.05, 4.69) is 20.8 Å². The minimum Gasteiger partial charge on any atom is -0.408 e. The lowest BCUT2D eigenvalue weighted by Crippen LogP contribution is -2.46. The number of anilines is 2. The molecule has 4 N–H and O–H groups in total. The van der Waals surface area contributed by atoms with E-state index in [1.165, 1.54) is 24.2 Å². The van der Waals surface area contributed by atoms with Crippen molar-refractivity contribution in [3.05, 3.63) is 34.7 Å². The number of carbonyl (C=O) groups excluding carboxylic acids is 3. The van der Waals surface area contributed by atoms with Crippen LogP contribution < -0.4 is 16.4 Å². The number of hydrogen-bond donors (Lipinski definition) is 3. The molecule has 2 saturated carbocycles. The second kappa shape index (κ2) is 8.73. The van der Waals surface area contributed by atoms with E-state index in [0.717, 1.165) is 24.0 Å². The Kier molecular flexibility index (Phi) is 5.75. The number of hydrogen-bond acceptors (Lipinski definition) is 8. The van der Waals surface area contributed by atoms with Crippen LogP contribution in [0, 0.1) is 5.41 Å². The minimum absolute atomic E-state index is 0.277. The second-order valence-corrected chi connectivity index (χ2v) is 9.79. The number of rotatable bonds is 9. The number of aromatic nitrogens is 2. The maximum atomic E-state index is 13.2. The average Bonchev–Trinajstić information content (AvgIpc) is 3.35. The summed E-state index contributed by atoms with van der Waals surface area (Å²) in [7, 11) is 0. The predicted octanol–water partition coefficient (Wildman–Crippen LogP) is 2.71. The van der Waals surface area contributed by atoms with E-state index in [9.17, 15) is 14.4 Å². The van der Waals surface area contributed by atoms with Crippen LogP contribution in [-0.4, -0.2) is 39.4 Å². The van der Waals surface area contributed by atoms with Crippen LogP contribution >= 0.6 is 0 Å². The van der Waals surface area contributed by atoms with Crippen molar-refractivity contribution in [2.45, 2.75) is 76.9 Å². The highest BCUT2D eigenvalue weighted by molar-refractivity contribution is 6.06. The molecular weight excluding hydrogens is 436 g/mol. The number of imide groups is 1. The van der Waals surface area contributed by atoms with Gasteiger partial charge in [0, 0.05) is 24.7 Å². The molecule has 5 rings (SSSR count). The number of nitrogen functional groups attached to an aromatic ring is 1. The first-order valence-electron chi connectivity index (χ1n) is 12.0. The summed E-state index contributed by atoms with van der Waals surface area (Å²) in [5, 5.41) is 13.6. The summed E-state index contributed by atoms with van der Waals surface area (Å²) in [6.45, 7) is 2.53. The fourth-order valence-electron chi connectivity index (χ4n) is 5.64. The average molecular weight is 467 g/mol. The van der Waals surface area contributed by atoms with Gasteiger partial charge in [0.25, 0.3) is 5.91 Å². The molecule has 0 bridgehead atoms. The largest absolute Gasteiger partial charge is 0.408 e. The highest BCUT2D eigenvalue weighted by Crippen LogP contribution is 2.61. The first-order valence-corrected chi connectivity index (χ1v) is 12.0. The molecule has 2 fully saturated rings. The zero-order chi connectivity index (χ0) is 23.9. The lowest BCUT2D eigenvalue weighted by Gasteiger charge is -2.53. The van der Waals surface area contributed by atoms with E-state index in [1.807, 2.05) is 19.1 Å². The second-order valence-electron chi connectivity index (χ2n) is 9.79. The van der Waals surface area contributed by atoms with Crippen molar-refractivity contribution in [1.29, 1.82) is 0 Å². The van der Waals surface area contributed by atoms with Gasteiger partial charge in [0.15, 0.2) is 0 Å². The van der Waals surface area contributed by atoms with Gasteiger partial charge in [-0.05, 0) is 48.6 Å². The van der Waals surface area contributed by atoms with Crippen LogP contribution in [0.15, 0.2) is 16.5 Å². The summed E-state index contributed by atoms with van der Waals surface area (Å²) in [6, 6.07) is 3.33. The summed E-state index contributed by atoms with van der Waals surface area (Å²) in [4.78, 5) is 37.8. The predicted molar refractivity (Wildman–Crippen MR) is 124 cm³/mol. The van der Waals surface area contributed by atoms with Gasteiger partial charge in [-0.15, -0.1) is 5.10 Å². The summed E-state index contributed by atoms with van der Waals surface area (Å²) < 4.78 is 5.83. The molecule has 1 aliphatic heterocycles. The van der Waals surface area contributed by atoms with Crippen LogP contribution in [-0.2, 0) is 22.7 Å². The maximum absolute atomic E-state index is 13.2. The molecule has 1 atom stereocenters. The highest BCUT2D eigenvalue weighted by Gasteiger charge is 2.50. The normalized spacial score (nSPS) is 19.3. The number of nitrogens with one attached hydrogen (secondary N) is 2. The highest BCUT2D eigenvalue weighted by atomic mass is 16.4. The molecule has 34 heavy (non-hydrogen) atoms. The van der Waals surface area contributed by atoms with Gasteiger partial charge in [-0.1, -0.05) is 37.0 Å². The van der Waals surface area contributed by atoms with Crippen LogP contribution in [0.3, 0.4) is 0 Å². The lowest BCUT2D eigenvalue weighted by molar-refractivity contribution is -0.129. The van der Waals surface area contributed by atoms with Crippen molar-refractivity contribution in [2.24, 2.45) is 5.41 Å². The molecule has 1 aromatic carbocycles. The molecule has 1 aromatic heterocycles. The Bertz CT molecular complexity index is 1120. The topological polar surface area (TPSA) is 143 Å². The summed E-state index contributed by atoms with van der Waals surface area (Å²) in [6.07, 6.45) is 7.72. The smallest absolute Gasteiger partial charge is 0.315 e. The molecule has 10 nitrogen and oxygen atoms in total. The van der Waals surface area contributed by atoms with Crippen LogP contribution in [0.2, 0.25) is 0 Å². The van der Waals surface area contributed by atoms with Crippen LogP contribution in [0.5, 0.6) is 0 Å². The van der Waals surface area contributed by atoms with Crippen molar-refractivity contribution in [2.75, 3.05) is 11.1 Å². The molecular formula is C24H30N6O4. The van der Waals surface area contributed by atoms with Gasteiger partial charge < -0.3 is 20.4 Å². The van der Waals surface area contributed by atoms with Gasteiger partial charge >= 0.3 is 6.01 Å². The molecule has 0 radical (unpaired) electrons. The van der Waals surface area contributed by atoms with Crippen molar-refractivity contribution < 1.29 is 18.8 Å². The van der Waals surface area contributed by atoms with Gasteiger partial charge in [-0.25, -0.2) is 0 Å². The molecule has 3 amide bonds. The fourth-order valence-corrected chi connectivity index (χ4v) is 5.64. The molecule has 1 unspecified atom stereocenters. The maximum Gasteiger partial charge on any atom is 0.315 e. The summed E-state index contributed by atoms with van der Waals surface area (Å²) in [5.74, 6) is 0.247. The number of nitrogens with two attached hydrogens (primary N) is 1. The Balaban J connectivity index is 1.25. The van der Waals surface area contributed by atoms with Crippen LogP contribution in [0.1, 0.15) is 85.2 Å². The van der Waals surface area contributed by atoms with Crippen molar-refractivity contribution >= 4 is 29.9 Å². The van der Waals surface area contributed by atoms with E-state index in [0.29, 0.717) is 60.3 Å². The van der Waals surface area contributed by atoms with Crippen LogP contribution in [0.4, 0.5) is 11.7 Å². The summed E-state index contributed by atoms with van der Waals surface area (Å²) in [5.41, 5.74) is 9.20. The zero-order valence-corrected chi connectivity index (χ0v) is 19.3. The molecule has 2 heterocycles. The number of benzene rings is 1. The first kappa shape index (κ1) is 22.4. The number of nitrogens with zero attached hydrogens (tertiary/aromatic N) is 3. The minimum atomic E-state index is -0.724. The first-order chi connectivity index (χ1) is 16.4. The fraction of sp³-hybridized carbons (Fsp3) is 0.542. The molecule has 2 aliphatic carbocycles. The third-order valence-corrected chi connectivity index (χ3v) is 7.67. The lowest BCUT2D eigenvalue weighted by atomic mass is 9.52. The Morgan fingerprint density at radius 1 is 1.35 bits per heavy atom. The van der Waals surface area contributed by atoms with Gasteiger partial charge in [-0.3, -0.25) is 19.7 Å². The Morgan fingerprint density at radius 3 is 2.82 bits per heavy atom. The van der Waals surface area contributed by atoms with Crippen molar-refractivity contribution in [3.8, 4) is 0 Å². The Labute approximate surface area is 197 Å². The third kappa shape index (κ3) is 3.80.